The molecular weight excluding hydrogens is 460 g/mol. The summed E-state index contributed by atoms with van der Waals surface area (Å²) in [6.07, 6.45) is 38.3. The molecule has 0 aliphatic rings. The number of hydrogen-bond acceptors (Lipinski definition) is 1. The zero-order valence-electron chi connectivity index (χ0n) is 25.4. The maximum atomic E-state index is 4.45. The van der Waals surface area contributed by atoms with Gasteiger partial charge in [0.2, 0.25) is 0 Å². The smallest absolute Gasteiger partial charge is 0.0948 e. The van der Waals surface area contributed by atoms with Crippen LogP contribution >= 0.6 is 0 Å². The van der Waals surface area contributed by atoms with Gasteiger partial charge in [-0.1, -0.05) is 173 Å². The molecule has 0 radical (unpaired) electrons. The summed E-state index contributed by atoms with van der Waals surface area (Å²) in [4.78, 5) is 4.45. The Morgan fingerprint density at radius 3 is 1.53 bits per heavy atom. The maximum absolute atomic E-state index is 4.45. The Hall–Kier alpha value is -1.57. The number of rotatable bonds is 26. The molecule has 0 aliphatic heterocycles. The minimum absolute atomic E-state index is 0.574. The highest BCUT2D eigenvalue weighted by Gasteiger charge is 2.23. The van der Waals surface area contributed by atoms with Crippen LogP contribution in [0.25, 0.3) is 0 Å². The van der Waals surface area contributed by atoms with Crippen LogP contribution in [0.3, 0.4) is 0 Å². The van der Waals surface area contributed by atoms with Crippen LogP contribution in [0, 0.1) is 5.92 Å². The summed E-state index contributed by atoms with van der Waals surface area (Å²) in [6.45, 7) is 4.61. The molecule has 0 bridgehead atoms. The average Bonchev–Trinajstić information content (AvgIpc) is 3.48. The van der Waals surface area contributed by atoms with Crippen LogP contribution in [0.15, 0.2) is 49.1 Å². The average molecular weight is 523 g/mol. The van der Waals surface area contributed by atoms with Crippen LogP contribution in [0.1, 0.15) is 167 Å². The van der Waals surface area contributed by atoms with Gasteiger partial charge in [0.15, 0.2) is 0 Å². The zero-order valence-corrected chi connectivity index (χ0v) is 25.4. The summed E-state index contributed by atoms with van der Waals surface area (Å²) in [5, 5.41) is 0. The van der Waals surface area contributed by atoms with E-state index < -0.39 is 0 Å². The molecule has 1 aromatic heterocycles. The lowest BCUT2D eigenvalue weighted by molar-refractivity contribution is 0.275. The summed E-state index contributed by atoms with van der Waals surface area (Å²) in [5.41, 5.74) is 1.50. The van der Waals surface area contributed by atoms with Gasteiger partial charge in [-0.25, -0.2) is 4.98 Å². The number of hydrogen-bond donors (Lipinski definition) is 0. The minimum Gasteiger partial charge on any atom is -0.334 e. The van der Waals surface area contributed by atoms with Crippen LogP contribution < -0.4 is 0 Å². The van der Waals surface area contributed by atoms with Crippen molar-refractivity contribution < 1.29 is 0 Å². The first-order valence-electron chi connectivity index (χ1n) is 16.9. The van der Waals surface area contributed by atoms with Gasteiger partial charge < -0.3 is 4.57 Å². The lowest BCUT2D eigenvalue weighted by Crippen LogP contribution is -2.21. The molecular formula is C36H62N2. The van der Waals surface area contributed by atoms with Crippen molar-refractivity contribution in [2.24, 2.45) is 5.92 Å². The van der Waals surface area contributed by atoms with Gasteiger partial charge >= 0.3 is 0 Å². The molecule has 1 heterocycles. The van der Waals surface area contributed by atoms with E-state index in [2.05, 4.69) is 66.3 Å². The second kappa shape index (κ2) is 23.3. The second-order valence-electron chi connectivity index (χ2n) is 12.0. The predicted molar refractivity (Wildman–Crippen MR) is 168 cm³/mol. The van der Waals surface area contributed by atoms with Crippen molar-refractivity contribution in [3.8, 4) is 0 Å². The molecule has 216 valence electrons. The SMILES string of the molecule is CCCCCCCCCCCCCC(Cc1ccccc1)C(CCCCCCCCCCC)n1ccnc1. The highest BCUT2D eigenvalue weighted by Crippen LogP contribution is 2.32. The molecule has 0 spiro atoms. The molecule has 2 rings (SSSR count). The molecule has 2 heteroatoms. The first-order valence-corrected chi connectivity index (χ1v) is 16.9. The number of benzene rings is 1. The molecule has 0 aliphatic carbocycles. The normalized spacial score (nSPS) is 13.1. The van der Waals surface area contributed by atoms with Crippen molar-refractivity contribution in [1.82, 2.24) is 9.55 Å². The molecule has 1 aromatic carbocycles. The Labute approximate surface area is 237 Å². The van der Waals surface area contributed by atoms with Gasteiger partial charge in [-0.2, -0.15) is 0 Å². The lowest BCUT2D eigenvalue weighted by atomic mass is 9.84. The third-order valence-corrected chi connectivity index (χ3v) is 8.57. The van der Waals surface area contributed by atoms with Crippen LogP contribution in [0.4, 0.5) is 0 Å². The first kappa shape index (κ1) is 32.6. The number of unbranched alkanes of at least 4 members (excludes halogenated alkanes) is 18. The fourth-order valence-corrected chi connectivity index (χ4v) is 6.18. The Morgan fingerprint density at radius 1 is 0.579 bits per heavy atom. The largest absolute Gasteiger partial charge is 0.334 e. The van der Waals surface area contributed by atoms with Gasteiger partial charge in [-0.05, 0) is 30.7 Å². The van der Waals surface area contributed by atoms with E-state index in [4.69, 9.17) is 0 Å². The molecule has 2 aromatic rings. The van der Waals surface area contributed by atoms with E-state index in [1.165, 1.54) is 153 Å². The molecule has 0 amide bonds. The molecule has 2 unspecified atom stereocenters. The van der Waals surface area contributed by atoms with E-state index in [0.717, 1.165) is 0 Å². The third kappa shape index (κ3) is 15.7. The number of aromatic nitrogens is 2. The van der Waals surface area contributed by atoms with E-state index in [0.29, 0.717) is 12.0 Å². The van der Waals surface area contributed by atoms with Crippen molar-refractivity contribution in [2.75, 3.05) is 0 Å². The van der Waals surface area contributed by atoms with E-state index >= 15 is 0 Å². The van der Waals surface area contributed by atoms with E-state index in [9.17, 15) is 0 Å². The Bertz CT molecular complexity index is 723. The quantitative estimate of drug-likeness (QED) is 0.112. The van der Waals surface area contributed by atoms with Gasteiger partial charge in [-0.3, -0.25) is 0 Å². The fourth-order valence-electron chi connectivity index (χ4n) is 6.18. The summed E-state index contributed by atoms with van der Waals surface area (Å²) < 4.78 is 2.44. The van der Waals surface area contributed by atoms with Gasteiger partial charge in [0.1, 0.15) is 0 Å². The topological polar surface area (TPSA) is 17.8 Å². The molecule has 0 saturated carbocycles. The molecule has 0 N–H and O–H groups in total. The van der Waals surface area contributed by atoms with E-state index in [1.54, 1.807) is 0 Å². The van der Waals surface area contributed by atoms with Crippen molar-refractivity contribution >= 4 is 0 Å². The summed E-state index contributed by atoms with van der Waals surface area (Å²) in [7, 11) is 0. The van der Waals surface area contributed by atoms with Crippen molar-refractivity contribution in [3.63, 3.8) is 0 Å². The Balaban J connectivity index is 1.78. The van der Waals surface area contributed by atoms with Crippen molar-refractivity contribution in [3.05, 3.63) is 54.6 Å². The van der Waals surface area contributed by atoms with Crippen LogP contribution in [-0.4, -0.2) is 9.55 Å². The summed E-state index contributed by atoms with van der Waals surface area (Å²) >= 11 is 0. The summed E-state index contributed by atoms with van der Waals surface area (Å²) in [6, 6.07) is 11.8. The van der Waals surface area contributed by atoms with Gasteiger partial charge in [0.25, 0.3) is 0 Å². The molecule has 0 fully saturated rings. The molecule has 38 heavy (non-hydrogen) atoms. The number of imidazole rings is 1. The maximum Gasteiger partial charge on any atom is 0.0948 e. The van der Waals surface area contributed by atoms with Crippen LogP contribution in [-0.2, 0) is 6.42 Å². The van der Waals surface area contributed by atoms with Gasteiger partial charge in [-0.15, -0.1) is 0 Å². The Kier molecular flexibility index (Phi) is 20.0. The van der Waals surface area contributed by atoms with Crippen molar-refractivity contribution in [1.29, 1.82) is 0 Å². The minimum atomic E-state index is 0.574. The molecule has 0 saturated heterocycles. The molecule has 2 nitrogen and oxygen atoms in total. The Morgan fingerprint density at radius 2 is 1.05 bits per heavy atom. The van der Waals surface area contributed by atoms with Gasteiger partial charge in [0, 0.05) is 18.4 Å². The van der Waals surface area contributed by atoms with Crippen molar-refractivity contribution in [2.45, 2.75) is 168 Å². The zero-order chi connectivity index (χ0) is 26.9. The standard InChI is InChI=1S/C36H62N2/c1-3-5-7-9-11-13-14-16-17-19-24-28-35(32-34-26-22-21-23-27-34)36(38-31-30-37-33-38)29-25-20-18-15-12-10-8-6-4-2/h21-23,26-27,30-31,33,35-36H,3-20,24-25,28-29,32H2,1-2H3. The first-order chi connectivity index (χ1) is 18.8. The predicted octanol–water partition coefficient (Wildman–Crippen LogP) is 11.9. The van der Waals surface area contributed by atoms with E-state index in [1.807, 2.05) is 6.20 Å². The fraction of sp³-hybridized carbons (Fsp3) is 0.750. The van der Waals surface area contributed by atoms with E-state index in [-0.39, 0.29) is 0 Å². The van der Waals surface area contributed by atoms with Gasteiger partial charge in [0.05, 0.1) is 6.33 Å². The molecule has 2 atom stereocenters. The van der Waals surface area contributed by atoms with Crippen LogP contribution in [0.5, 0.6) is 0 Å². The number of nitrogens with zero attached hydrogens (tertiary/aromatic N) is 2. The third-order valence-electron chi connectivity index (χ3n) is 8.57. The lowest BCUT2D eigenvalue weighted by Gasteiger charge is -2.29. The second-order valence-corrected chi connectivity index (χ2v) is 12.0. The highest BCUT2D eigenvalue weighted by atomic mass is 15.1. The monoisotopic (exact) mass is 522 g/mol. The highest BCUT2D eigenvalue weighted by molar-refractivity contribution is 5.15. The summed E-state index contributed by atoms with van der Waals surface area (Å²) in [5.74, 6) is 0.694. The van der Waals surface area contributed by atoms with Crippen LogP contribution in [0.2, 0.25) is 0 Å².